The van der Waals surface area contributed by atoms with Gasteiger partial charge in [-0.15, -0.1) is 0 Å². The van der Waals surface area contributed by atoms with Crippen molar-refractivity contribution in [2.75, 3.05) is 14.2 Å². The Hall–Kier alpha value is -0.613. The predicted molar refractivity (Wildman–Crippen MR) is 73.8 cm³/mol. The van der Waals surface area contributed by atoms with Crippen molar-refractivity contribution in [1.29, 1.82) is 0 Å². The number of benzene rings is 1. The van der Waals surface area contributed by atoms with Gasteiger partial charge in [0.2, 0.25) is 0 Å². The van der Waals surface area contributed by atoms with Gasteiger partial charge in [0.25, 0.3) is 0 Å². The minimum Gasteiger partial charge on any atom is -0.419 e. The van der Waals surface area contributed by atoms with E-state index in [0.29, 0.717) is 5.75 Å². The van der Waals surface area contributed by atoms with Crippen LogP contribution < -0.4 is 4.52 Å². The molecule has 0 atom stereocenters. The molecular weight excluding hydrogens is 253 g/mol. The van der Waals surface area contributed by atoms with Crippen LogP contribution in [0.5, 0.6) is 5.75 Å². The highest BCUT2D eigenvalue weighted by Crippen LogP contribution is 2.52. The van der Waals surface area contributed by atoms with Crippen LogP contribution in [-0.2, 0) is 9.05 Å². The zero-order valence-electron chi connectivity index (χ0n) is 11.0. The quantitative estimate of drug-likeness (QED) is 0.598. The van der Waals surface area contributed by atoms with Gasteiger partial charge in [0.15, 0.2) is 8.24 Å². The van der Waals surface area contributed by atoms with Crippen LogP contribution in [0.15, 0.2) is 34.7 Å². The lowest BCUT2D eigenvalue weighted by molar-refractivity contribution is 0.262. The van der Waals surface area contributed by atoms with Gasteiger partial charge in [-0.05, 0) is 31.8 Å². The van der Waals surface area contributed by atoms with Crippen LogP contribution in [0.1, 0.15) is 0 Å². The Kier molecular flexibility index (Phi) is 4.95. The maximum Gasteiger partial charge on any atom is 0.400 e. The molecule has 0 bridgehead atoms. The van der Waals surface area contributed by atoms with Crippen molar-refractivity contribution in [1.82, 2.24) is 0 Å². The Morgan fingerprint density at radius 1 is 1.00 bits per heavy atom. The molecule has 0 amide bonds. The van der Waals surface area contributed by atoms with E-state index >= 15 is 0 Å². The summed E-state index contributed by atoms with van der Waals surface area (Å²) >= 11 is 0. The lowest BCUT2D eigenvalue weighted by atomic mass is 10.3. The Morgan fingerprint density at radius 2 is 1.53 bits per heavy atom. The molecule has 0 unspecified atom stereocenters. The fourth-order valence-electron chi connectivity index (χ4n) is 1.23. The Bertz CT molecular complexity index is 395. The number of nitrogens with zero attached hydrogens (tertiary/aromatic N) is 1. The van der Waals surface area contributed by atoms with Gasteiger partial charge in [-0.1, -0.05) is 18.2 Å². The molecule has 0 saturated carbocycles. The van der Waals surface area contributed by atoms with Gasteiger partial charge < -0.3 is 4.52 Å². The molecule has 4 nitrogen and oxygen atoms in total. The van der Waals surface area contributed by atoms with Crippen molar-refractivity contribution >= 4 is 16.0 Å². The molecule has 1 rings (SSSR count). The van der Waals surface area contributed by atoms with Gasteiger partial charge in [0.05, 0.1) is 0 Å². The van der Waals surface area contributed by atoms with Gasteiger partial charge >= 0.3 is 7.74 Å². The molecule has 6 heteroatoms. The van der Waals surface area contributed by atoms with Gasteiger partial charge in [-0.25, -0.2) is 0 Å². The van der Waals surface area contributed by atoms with Crippen molar-refractivity contribution in [3.05, 3.63) is 30.3 Å². The lowest BCUT2D eigenvalue weighted by Crippen LogP contribution is -2.17. The summed E-state index contributed by atoms with van der Waals surface area (Å²) in [4.78, 5) is 0. The largest absolute Gasteiger partial charge is 0.419 e. The fraction of sp³-hybridized carbons (Fsp3) is 0.455. The maximum absolute atomic E-state index is 5.81. The molecule has 0 radical (unpaired) electrons. The van der Waals surface area contributed by atoms with Crippen LogP contribution >= 0.6 is 7.74 Å². The van der Waals surface area contributed by atoms with E-state index in [-0.39, 0.29) is 0 Å². The first-order valence-electron chi connectivity index (χ1n) is 5.40. The molecule has 0 saturated heterocycles. The van der Waals surface area contributed by atoms with E-state index in [1.165, 1.54) is 0 Å². The molecule has 1 aromatic rings. The molecule has 0 aromatic heterocycles. The van der Waals surface area contributed by atoms with Crippen molar-refractivity contribution in [3.63, 3.8) is 0 Å². The van der Waals surface area contributed by atoms with Crippen molar-refractivity contribution in [2.24, 2.45) is 4.41 Å². The number of hydrogen-bond acceptors (Lipinski definition) is 4. The van der Waals surface area contributed by atoms with Crippen LogP contribution in [0.3, 0.4) is 0 Å². The van der Waals surface area contributed by atoms with Gasteiger partial charge in [-0.3, -0.25) is 13.5 Å². The van der Waals surface area contributed by atoms with Crippen LogP contribution in [0.25, 0.3) is 0 Å². The van der Waals surface area contributed by atoms with E-state index < -0.39 is 16.0 Å². The average molecular weight is 273 g/mol. The molecule has 0 spiro atoms. The molecular formula is C11H20NO3PSi. The normalized spacial score (nSPS) is 12.3. The van der Waals surface area contributed by atoms with E-state index in [9.17, 15) is 0 Å². The highest BCUT2D eigenvalue weighted by atomic mass is 31.2. The van der Waals surface area contributed by atoms with E-state index in [0.717, 1.165) is 0 Å². The molecule has 0 aliphatic heterocycles. The van der Waals surface area contributed by atoms with Gasteiger partial charge in [-0.2, -0.15) is 0 Å². The van der Waals surface area contributed by atoms with Crippen molar-refractivity contribution < 1.29 is 13.6 Å². The fourth-order valence-corrected chi connectivity index (χ4v) is 5.68. The Labute approximate surface area is 104 Å². The van der Waals surface area contributed by atoms with Crippen LogP contribution in [0.2, 0.25) is 19.6 Å². The number of hydrogen-bond donors (Lipinski definition) is 0. The smallest absolute Gasteiger partial charge is 0.400 e. The minimum atomic E-state index is -2.61. The summed E-state index contributed by atoms with van der Waals surface area (Å²) in [6.07, 6.45) is 0. The maximum atomic E-state index is 5.81. The summed E-state index contributed by atoms with van der Waals surface area (Å²) in [5.74, 6) is 0.714. The molecule has 17 heavy (non-hydrogen) atoms. The molecule has 0 heterocycles. The topological polar surface area (TPSA) is 40.0 Å². The molecule has 0 aliphatic carbocycles. The summed E-state index contributed by atoms with van der Waals surface area (Å²) in [5, 5.41) is 0. The van der Waals surface area contributed by atoms with Gasteiger partial charge in [0.1, 0.15) is 5.75 Å². The van der Waals surface area contributed by atoms with Crippen molar-refractivity contribution in [2.45, 2.75) is 19.6 Å². The monoisotopic (exact) mass is 273 g/mol. The molecule has 96 valence electrons. The van der Waals surface area contributed by atoms with E-state index in [2.05, 4.69) is 24.1 Å². The highest BCUT2D eigenvalue weighted by Gasteiger charge is 2.27. The summed E-state index contributed by atoms with van der Waals surface area (Å²) in [6.45, 7) is 6.36. The Balaban J connectivity index is 3.06. The third-order valence-corrected chi connectivity index (χ3v) is 6.59. The molecule has 0 N–H and O–H groups in total. The minimum absolute atomic E-state index is 0.714. The zero-order valence-corrected chi connectivity index (χ0v) is 12.9. The number of rotatable bonds is 5. The first-order valence-corrected chi connectivity index (χ1v) is 10.3. The summed E-state index contributed by atoms with van der Waals surface area (Å²) in [7, 11) is -1.16. The van der Waals surface area contributed by atoms with Crippen LogP contribution in [0.4, 0.5) is 0 Å². The number of para-hydroxylation sites is 1. The van der Waals surface area contributed by atoms with Crippen molar-refractivity contribution in [3.8, 4) is 5.75 Å². The lowest BCUT2D eigenvalue weighted by Gasteiger charge is -2.24. The van der Waals surface area contributed by atoms with E-state index in [4.69, 9.17) is 13.6 Å². The van der Waals surface area contributed by atoms with E-state index in [1.54, 1.807) is 14.2 Å². The molecule has 0 fully saturated rings. The van der Waals surface area contributed by atoms with Crippen LogP contribution in [-0.4, -0.2) is 22.5 Å². The Morgan fingerprint density at radius 3 is 1.94 bits per heavy atom. The second-order valence-electron chi connectivity index (χ2n) is 4.51. The highest BCUT2D eigenvalue weighted by molar-refractivity contribution is 7.53. The predicted octanol–water partition coefficient (Wildman–Crippen LogP) is 4.14. The zero-order chi connectivity index (χ0) is 12.9. The van der Waals surface area contributed by atoms with Crippen LogP contribution in [0, 0.1) is 0 Å². The summed E-state index contributed by atoms with van der Waals surface area (Å²) < 4.78 is 21.3. The van der Waals surface area contributed by atoms with E-state index in [1.807, 2.05) is 30.3 Å². The third kappa shape index (κ3) is 4.64. The summed E-state index contributed by atoms with van der Waals surface area (Å²) in [5.41, 5.74) is 0. The first-order chi connectivity index (χ1) is 7.91. The molecule has 1 aromatic carbocycles. The second kappa shape index (κ2) is 5.82. The second-order valence-corrected chi connectivity index (χ2v) is 11.5. The molecule has 0 aliphatic rings. The summed E-state index contributed by atoms with van der Waals surface area (Å²) in [6, 6.07) is 9.48. The third-order valence-electron chi connectivity index (χ3n) is 1.85. The SMILES string of the molecule is COP(=N[Si](C)(C)C)(OC)Oc1ccccc1. The standard InChI is InChI=1S/C11H20NO3PSi/c1-13-16(14-2,12-17(3,4)5)15-11-9-7-6-8-10-11/h6-10H,1-5H3. The average Bonchev–Trinajstić information content (AvgIpc) is 2.27. The van der Waals surface area contributed by atoms with Gasteiger partial charge in [0, 0.05) is 14.2 Å². The first kappa shape index (κ1) is 14.4.